The summed E-state index contributed by atoms with van der Waals surface area (Å²) in [6, 6.07) is 8.91. The Morgan fingerprint density at radius 1 is 1.10 bits per heavy atom. The highest BCUT2D eigenvalue weighted by Gasteiger charge is 2.27. The Morgan fingerprint density at radius 3 is 2.32 bits per heavy atom. The van der Waals surface area contributed by atoms with Crippen LogP contribution in [0.3, 0.4) is 0 Å². The van der Waals surface area contributed by atoms with Gasteiger partial charge in [0.25, 0.3) is 0 Å². The molecule has 1 amide bonds. The number of nitrogens with zero attached hydrogens (tertiary/aromatic N) is 5. The van der Waals surface area contributed by atoms with Crippen LogP contribution < -0.4 is 4.90 Å². The van der Waals surface area contributed by atoms with Gasteiger partial charge in [-0.05, 0) is 64.8 Å². The second-order valence-corrected chi connectivity index (χ2v) is 9.58. The number of hydrogen-bond acceptors (Lipinski definition) is 5. The van der Waals surface area contributed by atoms with E-state index < -0.39 is 0 Å². The Kier molecular flexibility index (Phi) is 8.41. The van der Waals surface area contributed by atoms with Gasteiger partial charge in [-0.25, -0.2) is 0 Å². The number of rotatable bonds is 9. The zero-order chi connectivity index (χ0) is 22.4. The van der Waals surface area contributed by atoms with Crippen LogP contribution in [0.2, 0.25) is 0 Å². The van der Waals surface area contributed by atoms with E-state index in [0.717, 1.165) is 49.0 Å². The topological polar surface area (TPSA) is 54.3 Å². The van der Waals surface area contributed by atoms with Crippen LogP contribution in [-0.2, 0) is 11.3 Å². The Balaban J connectivity index is 1.73. The minimum absolute atomic E-state index is 0.181. The quantitative estimate of drug-likeness (QED) is 0.506. The molecular formula is C24H37N5OS. The second kappa shape index (κ2) is 11.0. The lowest BCUT2D eigenvalue weighted by atomic mass is 9.94. The van der Waals surface area contributed by atoms with Crippen LogP contribution in [0.1, 0.15) is 59.8 Å². The molecule has 0 spiro atoms. The van der Waals surface area contributed by atoms with Crippen LogP contribution in [0.4, 0.5) is 5.69 Å². The van der Waals surface area contributed by atoms with E-state index in [1.165, 1.54) is 36.7 Å². The Labute approximate surface area is 191 Å². The molecule has 31 heavy (non-hydrogen) atoms. The fourth-order valence-corrected chi connectivity index (χ4v) is 5.44. The molecule has 0 N–H and O–H groups in total. The summed E-state index contributed by atoms with van der Waals surface area (Å²) in [7, 11) is 1.96. The molecule has 1 unspecified atom stereocenters. The maximum Gasteiger partial charge on any atom is 0.235 e. The van der Waals surface area contributed by atoms with Crippen molar-refractivity contribution in [3.05, 3.63) is 24.3 Å². The molecule has 0 bridgehead atoms. The van der Waals surface area contributed by atoms with Gasteiger partial charge in [0, 0.05) is 44.0 Å². The standard InChI is InChI=1S/C24H37N5OS/c1-6-28(7-2)21-16-14-19(15-17-21)22-25-26-24(29(22)8-3)31-18(4)23(30)27(5)20-12-10-9-11-13-20/h14-18,20H,6-13H2,1-5H3. The van der Waals surface area contributed by atoms with Crippen molar-refractivity contribution < 1.29 is 4.79 Å². The molecule has 7 heteroatoms. The highest BCUT2D eigenvalue weighted by Crippen LogP contribution is 2.30. The predicted octanol–water partition coefficient (Wildman–Crippen LogP) is 5.08. The van der Waals surface area contributed by atoms with Crippen LogP contribution in [0, 0.1) is 0 Å². The summed E-state index contributed by atoms with van der Waals surface area (Å²) in [6.07, 6.45) is 5.99. The summed E-state index contributed by atoms with van der Waals surface area (Å²) >= 11 is 1.52. The largest absolute Gasteiger partial charge is 0.372 e. The Morgan fingerprint density at radius 2 is 1.74 bits per heavy atom. The van der Waals surface area contributed by atoms with Crippen LogP contribution in [0.5, 0.6) is 0 Å². The SMILES string of the molecule is CCN(CC)c1ccc(-c2nnc(SC(C)C(=O)N(C)C3CCCCC3)n2CC)cc1. The fraction of sp³-hybridized carbons (Fsp3) is 0.625. The van der Waals surface area contributed by atoms with E-state index in [9.17, 15) is 4.79 Å². The van der Waals surface area contributed by atoms with Gasteiger partial charge in [0.2, 0.25) is 5.91 Å². The number of amides is 1. The van der Waals surface area contributed by atoms with Gasteiger partial charge in [-0.1, -0.05) is 31.0 Å². The van der Waals surface area contributed by atoms with Crippen LogP contribution in [0.25, 0.3) is 11.4 Å². The van der Waals surface area contributed by atoms with E-state index in [4.69, 9.17) is 0 Å². The van der Waals surface area contributed by atoms with Crippen LogP contribution in [0.15, 0.2) is 29.4 Å². The van der Waals surface area contributed by atoms with E-state index >= 15 is 0 Å². The highest BCUT2D eigenvalue weighted by atomic mass is 32.2. The van der Waals surface area contributed by atoms with Crippen molar-refractivity contribution in [3.8, 4) is 11.4 Å². The Hall–Kier alpha value is -2.02. The lowest BCUT2D eigenvalue weighted by Gasteiger charge is -2.32. The average molecular weight is 444 g/mol. The third kappa shape index (κ3) is 5.43. The molecule has 6 nitrogen and oxygen atoms in total. The molecule has 1 aliphatic rings. The summed E-state index contributed by atoms with van der Waals surface area (Å²) in [4.78, 5) is 17.3. The van der Waals surface area contributed by atoms with Crippen molar-refractivity contribution in [3.63, 3.8) is 0 Å². The first kappa shape index (κ1) is 23.6. The van der Waals surface area contributed by atoms with Crippen molar-refractivity contribution >= 4 is 23.4 Å². The molecule has 0 radical (unpaired) electrons. The third-order valence-corrected chi connectivity index (χ3v) is 7.46. The van der Waals surface area contributed by atoms with Gasteiger partial charge in [0.05, 0.1) is 5.25 Å². The van der Waals surface area contributed by atoms with Gasteiger partial charge >= 0.3 is 0 Å². The van der Waals surface area contributed by atoms with Crippen LogP contribution >= 0.6 is 11.8 Å². The number of anilines is 1. The molecule has 1 aliphatic carbocycles. The number of carbonyl (C=O) groups is 1. The summed E-state index contributed by atoms with van der Waals surface area (Å²) in [6.45, 7) is 11.2. The first-order chi connectivity index (χ1) is 15.0. The summed E-state index contributed by atoms with van der Waals surface area (Å²) in [5.41, 5.74) is 2.27. The molecule has 0 saturated heterocycles. The zero-order valence-corrected chi connectivity index (χ0v) is 20.5. The van der Waals surface area contributed by atoms with Crippen LogP contribution in [-0.4, -0.2) is 57.0 Å². The smallest absolute Gasteiger partial charge is 0.235 e. The average Bonchev–Trinajstić information content (AvgIpc) is 3.22. The predicted molar refractivity (Wildman–Crippen MR) is 130 cm³/mol. The van der Waals surface area contributed by atoms with Crippen molar-refractivity contribution in [1.29, 1.82) is 0 Å². The molecular weight excluding hydrogens is 406 g/mol. The van der Waals surface area contributed by atoms with Crippen molar-refractivity contribution in [1.82, 2.24) is 19.7 Å². The summed E-state index contributed by atoms with van der Waals surface area (Å²) in [5, 5.41) is 9.54. The zero-order valence-electron chi connectivity index (χ0n) is 19.7. The van der Waals surface area contributed by atoms with E-state index in [2.05, 4.69) is 64.7 Å². The number of hydrogen-bond donors (Lipinski definition) is 0. The second-order valence-electron chi connectivity index (χ2n) is 8.27. The van der Waals surface area contributed by atoms with E-state index in [0.29, 0.717) is 6.04 Å². The number of aromatic nitrogens is 3. The van der Waals surface area contributed by atoms with Gasteiger partial charge in [0.15, 0.2) is 11.0 Å². The normalized spacial score (nSPS) is 15.6. The van der Waals surface area contributed by atoms with Crippen molar-refractivity contribution in [2.45, 2.75) is 82.8 Å². The summed E-state index contributed by atoms with van der Waals surface area (Å²) in [5.74, 6) is 1.05. The summed E-state index contributed by atoms with van der Waals surface area (Å²) < 4.78 is 2.11. The number of benzene rings is 1. The number of thioether (sulfide) groups is 1. The first-order valence-electron chi connectivity index (χ1n) is 11.7. The minimum Gasteiger partial charge on any atom is -0.372 e. The fourth-order valence-electron chi connectivity index (χ4n) is 4.43. The van der Waals surface area contributed by atoms with Gasteiger partial charge < -0.3 is 14.4 Å². The molecule has 170 valence electrons. The molecule has 1 fully saturated rings. The maximum atomic E-state index is 13.0. The molecule has 1 heterocycles. The van der Waals surface area contributed by atoms with Gasteiger partial charge in [-0.3, -0.25) is 4.79 Å². The molecule has 1 saturated carbocycles. The van der Waals surface area contributed by atoms with Gasteiger partial charge in [0.1, 0.15) is 0 Å². The van der Waals surface area contributed by atoms with Crippen molar-refractivity contribution in [2.75, 3.05) is 25.0 Å². The van der Waals surface area contributed by atoms with Crippen molar-refractivity contribution in [2.24, 2.45) is 0 Å². The highest BCUT2D eigenvalue weighted by molar-refractivity contribution is 8.00. The third-order valence-electron chi connectivity index (χ3n) is 6.39. The lowest BCUT2D eigenvalue weighted by Crippen LogP contribution is -2.42. The van der Waals surface area contributed by atoms with Gasteiger partial charge in [-0.2, -0.15) is 0 Å². The van der Waals surface area contributed by atoms with E-state index in [1.54, 1.807) is 0 Å². The first-order valence-corrected chi connectivity index (χ1v) is 12.6. The molecule has 1 aromatic heterocycles. The molecule has 1 aromatic carbocycles. The van der Waals surface area contributed by atoms with E-state index in [-0.39, 0.29) is 11.2 Å². The van der Waals surface area contributed by atoms with E-state index in [1.807, 2.05) is 18.9 Å². The molecule has 3 rings (SSSR count). The Bertz CT molecular complexity index is 840. The number of carbonyl (C=O) groups excluding carboxylic acids is 1. The molecule has 2 aromatic rings. The van der Waals surface area contributed by atoms with Gasteiger partial charge in [-0.15, -0.1) is 10.2 Å². The monoisotopic (exact) mass is 443 g/mol. The molecule has 1 atom stereocenters. The molecule has 0 aliphatic heterocycles. The minimum atomic E-state index is -0.181. The lowest BCUT2D eigenvalue weighted by molar-refractivity contribution is -0.131. The maximum absolute atomic E-state index is 13.0.